The number of hydrogen-bond donors (Lipinski definition) is 1. The summed E-state index contributed by atoms with van der Waals surface area (Å²) in [5.74, 6) is 2.62. The molecular weight excluding hydrogens is 499 g/mol. The number of anilines is 1. The van der Waals surface area contributed by atoms with Gasteiger partial charge in [-0.15, -0.1) is 35.3 Å². The smallest absolute Gasteiger partial charge is 0.236 e. The van der Waals surface area contributed by atoms with Crippen molar-refractivity contribution in [3.63, 3.8) is 0 Å². The molecule has 0 radical (unpaired) electrons. The molecule has 4 rings (SSSR count). The van der Waals surface area contributed by atoms with Gasteiger partial charge in [0.2, 0.25) is 5.89 Å². The zero-order valence-electron chi connectivity index (χ0n) is 16.3. The summed E-state index contributed by atoms with van der Waals surface area (Å²) in [6.45, 7) is 7.08. The maximum Gasteiger partial charge on any atom is 0.236 e. The number of thiophene rings is 1. The van der Waals surface area contributed by atoms with E-state index in [1.165, 1.54) is 0 Å². The van der Waals surface area contributed by atoms with Crippen molar-refractivity contribution in [2.45, 2.75) is 13.5 Å². The molecule has 1 saturated heterocycles. The van der Waals surface area contributed by atoms with E-state index in [1.54, 1.807) is 17.6 Å². The molecule has 0 aromatic carbocycles. The van der Waals surface area contributed by atoms with Crippen LogP contribution in [0, 0.1) is 0 Å². The number of guanidine groups is 1. The lowest BCUT2D eigenvalue weighted by molar-refractivity contribution is 0.371. The van der Waals surface area contributed by atoms with Gasteiger partial charge in [-0.25, -0.2) is 15.0 Å². The summed E-state index contributed by atoms with van der Waals surface area (Å²) in [5, 5.41) is 5.42. The minimum atomic E-state index is 0. The Morgan fingerprint density at radius 1 is 1.21 bits per heavy atom. The number of nitrogens with one attached hydrogen (secondary N) is 1. The van der Waals surface area contributed by atoms with Gasteiger partial charge in [-0.1, -0.05) is 12.1 Å². The summed E-state index contributed by atoms with van der Waals surface area (Å²) in [7, 11) is 0. The number of piperazine rings is 1. The van der Waals surface area contributed by atoms with Crippen molar-refractivity contribution in [2.24, 2.45) is 4.99 Å². The molecule has 1 aliphatic heterocycles. The van der Waals surface area contributed by atoms with Crippen LogP contribution in [0.1, 0.15) is 12.6 Å². The molecule has 3 aromatic rings. The van der Waals surface area contributed by atoms with Crippen LogP contribution >= 0.6 is 35.3 Å². The number of pyridine rings is 1. The molecule has 0 saturated carbocycles. The second-order valence-corrected chi connectivity index (χ2v) is 7.40. The van der Waals surface area contributed by atoms with Crippen LogP contribution in [-0.4, -0.2) is 53.6 Å². The highest BCUT2D eigenvalue weighted by atomic mass is 127. The molecule has 0 spiro atoms. The third-order valence-electron chi connectivity index (χ3n) is 4.56. The average Bonchev–Trinajstić information content (AvgIpc) is 3.44. The molecule has 0 bridgehead atoms. The van der Waals surface area contributed by atoms with Crippen molar-refractivity contribution in [2.75, 3.05) is 37.6 Å². The zero-order valence-corrected chi connectivity index (χ0v) is 19.5. The van der Waals surface area contributed by atoms with E-state index >= 15 is 0 Å². The average molecular weight is 524 g/mol. The quantitative estimate of drug-likeness (QED) is 0.312. The number of hydrogen-bond acceptors (Lipinski definition) is 6. The Labute approximate surface area is 191 Å². The molecule has 0 atom stereocenters. The van der Waals surface area contributed by atoms with Gasteiger partial charge in [0.05, 0.1) is 11.4 Å². The van der Waals surface area contributed by atoms with Crippen LogP contribution in [0.15, 0.2) is 57.6 Å². The fourth-order valence-corrected chi connectivity index (χ4v) is 3.82. The van der Waals surface area contributed by atoms with Crippen molar-refractivity contribution in [1.82, 2.24) is 20.2 Å². The maximum atomic E-state index is 5.59. The Morgan fingerprint density at radius 3 is 2.76 bits per heavy atom. The fraction of sp³-hybridized carbons (Fsp3) is 0.350. The highest BCUT2D eigenvalue weighted by molar-refractivity contribution is 14.0. The van der Waals surface area contributed by atoms with Crippen molar-refractivity contribution < 1.29 is 4.42 Å². The van der Waals surface area contributed by atoms with Crippen LogP contribution in [0.2, 0.25) is 0 Å². The highest BCUT2D eigenvalue weighted by Gasteiger charge is 2.20. The van der Waals surface area contributed by atoms with E-state index in [9.17, 15) is 0 Å². The Kier molecular flexibility index (Phi) is 7.87. The first-order valence-corrected chi connectivity index (χ1v) is 10.4. The zero-order chi connectivity index (χ0) is 19.2. The summed E-state index contributed by atoms with van der Waals surface area (Å²) in [6.07, 6.45) is 3.54. The van der Waals surface area contributed by atoms with Gasteiger partial charge in [-0.3, -0.25) is 0 Å². The van der Waals surface area contributed by atoms with Gasteiger partial charge in [0.1, 0.15) is 17.8 Å². The van der Waals surface area contributed by atoms with Crippen LogP contribution in [-0.2, 0) is 6.54 Å². The molecule has 7 nitrogen and oxygen atoms in total. The van der Waals surface area contributed by atoms with Crippen molar-refractivity contribution in [3.05, 3.63) is 53.9 Å². The fourth-order valence-electron chi connectivity index (χ4n) is 3.16. The van der Waals surface area contributed by atoms with Crippen LogP contribution in [0.3, 0.4) is 0 Å². The largest absolute Gasteiger partial charge is 0.443 e. The molecule has 1 fully saturated rings. The number of halogens is 1. The first kappa shape index (κ1) is 21.6. The molecule has 154 valence electrons. The number of aromatic nitrogens is 2. The molecule has 9 heteroatoms. The van der Waals surface area contributed by atoms with Crippen LogP contribution in [0.25, 0.3) is 10.8 Å². The molecule has 1 aliphatic rings. The number of nitrogens with zero attached hydrogens (tertiary/aromatic N) is 5. The Bertz CT molecular complexity index is 891. The Morgan fingerprint density at radius 2 is 2.07 bits per heavy atom. The van der Waals surface area contributed by atoms with Gasteiger partial charge in [0, 0.05) is 38.9 Å². The third kappa shape index (κ3) is 5.47. The topological polar surface area (TPSA) is 69.8 Å². The summed E-state index contributed by atoms with van der Waals surface area (Å²) in [6, 6.07) is 10.0. The lowest BCUT2D eigenvalue weighted by atomic mass is 10.3. The van der Waals surface area contributed by atoms with Gasteiger partial charge < -0.3 is 19.5 Å². The first-order valence-electron chi connectivity index (χ1n) is 9.51. The summed E-state index contributed by atoms with van der Waals surface area (Å²) >= 11 is 1.62. The predicted molar refractivity (Wildman–Crippen MR) is 128 cm³/mol. The molecule has 0 aliphatic carbocycles. The molecule has 0 unspecified atom stereocenters. The predicted octanol–water partition coefficient (Wildman–Crippen LogP) is 3.70. The lowest BCUT2D eigenvalue weighted by Crippen LogP contribution is -2.52. The molecule has 0 amide bonds. The standard InChI is InChI=1S/C20H24N6OS.HI/c1-2-21-20(23-14-16-15-27-19(24-16)17-6-5-13-28-17)26-11-9-25(10-12-26)18-7-3-4-8-22-18;/h3-8,13,15H,2,9-12,14H2,1H3,(H,21,23);1H. The van der Waals surface area contributed by atoms with Crippen LogP contribution in [0.4, 0.5) is 5.82 Å². The molecule has 29 heavy (non-hydrogen) atoms. The summed E-state index contributed by atoms with van der Waals surface area (Å²) < 4.78 is 5.59. The SMILES string of the molecule is CCNC(=NCc1coc(-c2cccs2)n1)N1CCN(c2ccccn2)CC1.I. The van der Waals surface area contributed by atoms with Gasteiger partial charge in [0.25, 0.3) is 0 Å². The molecule has 1 N–H and O–H groups in total. The molecule has 4 heterocycles. The van der Waals surface area contributed by atoms with E-state index in [4.69, 9.17) is 9.41 Å². The third-order valence-corrected chi connectivity index (χ3v) is 5.42. The lowest BCUT2D eigenvalue weighted by Gasteiger charge is -2.37. The van der Waals surface area contributed by atoms with Crippen molar-refractivity contribution in [3.8, 4) is 10.8 Å². The first-order chi connectivity index (χ1) is 13.8. The van der Waals surface area contributed by atoms with E-state index in [-0.39, 0.29) is 24.0 Å². The maximum absolute atomic E-state index is 5.59. The van der Waals surface area contributed by atoms with Crippen molar-refractivity contribution >= 4 is 47.1 Å². The number of oxazole rings is 1. The van der Waals surface area contributed by atoms with E-state index in [0.717, 1.165) is 55.1 Å². The monoisotopic (exact) mass is 524 g/mol. The Hall–Kier alpha value is -2.14. The summed E-state index contributed by atoms with van der Waals surface area (Å²) in [4.78, 5) is 19.4. The van der Waals surface area contributed by atoms with E-state index in [1.807, 2.05) is 35.8 Å². The van der Waals surface area contributed by atoms with Crippen molar-refractivity contribution in [1.29, 1.82) is 0 Å². The summed E-state index contributed by atoms with van der Waals surface area (Å²) in [5.41, 5.74) is 0.839. The second-order valence-electron chi connectivity index (χ2n) is 6.45. The van der Waals surface area contributed by atoms with E-state index in [0.29, 0.717) is 12.4 Å². The highest BCUT2D eigenvalue weighted by Crippen LogP contribution is 2.23. The number of aliphatic imine (C=N–C) groups is 1. The van der Waals surface area contributed by atoms with Gasteiger partial charge in [0.15, 0.2) is 5.96 Å². The minimum Gasteiger partial charge on any atom is -0.443 e. The van der Waals surface area contributed by atoms with E-state index in [2.05, 4.69) is 38.1 Å². The molecular formula is C20H25IN6OS. The second kappa shape index (κ2) is 10.6. The Balaban J connectivity index is 0.00000240. The van der Waals surface area contributed by atoms with E-state index < -0.39 is 0 Å². The van der Waals surface area contributed by atoms with Crippen LogP contribution in [0.5, 0.6) is 0 Å². The van der Waals surface area contributed by atoms with Crippen LogP contribution < -0.4 is 10.2 Å². The molecule has 3 aromatic heterocycles. The normalized spacial score (nSPS) is 14.6. The van der Waals surface area contributed by atoms with Gasteiger partial charge in [-0.05, 0) is 30.5 Å². The minimum absolute atomic E-state index is 0. The van der Waals surface area contributed by atoms with Gasteiger partial charge >= 0.3 is 0 Å². The number of rotatable bonds is 5. The van der Waals surface area contributed by atoms with Gasteiger partial charge in [-0.2, -0.15) is 0 Å².